The SMILES string of the molecule is O=C(NC(Cc1ccccc1)C(O)CNc1ccc(O)c(O)c1)OC1COC2OCCC12. The summed E-state index contributed by atoms with van der Waals surface area (Å²) in [6.45, 7) is 0.984. The zero-order valence-electron chi connectivity index (χ0n) is 17.5. The van der Waals surface area contributed by atoms with Gasteiger partial charge in [-0.3, -0.25) is 0 Å². The first-order valence-electron chi connectivity index (χ1n) is 10.7. The molecule has 172 valence electrons. The number of aliphatic hydroxyl groups is 1. The lowest BCUT2D eigenvalue weighted by molar-refractivity contribution is -0.0907. The second-order valence-corrected chi connectivity index (χ2v) is 8.06. The molecule has 2 fully saturated rings. The highest BCUT2D eigenvalue weighted by Gasteiger charge is 2.44. The smallest absolute Gasteiger partial charge is 0.407 e. The number of ether oxygens (including phenoxy) is 3. The van der Waals surface area contributed by atoms with E-state index < -0.39 is 18.2 Å². The Labute approximate surface area is 185 Å². The largest absolute Gasteiger partial charge is 0.504 e. The molecular weight excluding hydrogens is 416 g/mol. The van der Waals surface area contributed by atoms with Crippen LogP contribution in [0.5, 0.6) is 11.5 Å². The molecule has 9 nitrogen and oxygen atoms in total. The predicted octanol–water partition coefficient (Wildman–Crippen LogP) is 1.97. The van der Waals surface area contributed by atoms with Crippen molar-refractivity contribution in [3.8, 4) is 11.5 Å². The quantitative estimate of drug-likeness (QED) is 0.309. The number of hydrogen-bond acceptors (Lipinski definition) is 8. The summed E-state index contributed by atoms with van der Waals surface area (Å²) < 4.78 is 16.6. The van der Waals surface area contributed by atoms with Crippen LogP contribution in [0, 0.1) is 5.92 Å². The summed E-state index contributed by atoms with van der Waals surface area (Å²) in [7, 11) is 0. The Morgan fingerprint density at radius 2 is 1.94 bits per heavy atom. The van der Waals surface area contributed by atoms with E-state index in [1.54, 1.807) is 6.07 Å². The van der Waals surface area contributed by atoms with E-state index in [1.807, 2.05) is 30.3 Å². The Hall–Kier alpha value is -3.01. The standard InChI is InChI=1S/C23H28N2O7/c26-18-7-6-15(11-19(18)27)24-12-20(28)17(10-14-4-2-1-3-5-14)25-23(29)32-21-13-31-22-16(21)8-9-30-22/h1-7,11,16-17,20-22,24,26-28H,8-10,12-13H2,(H,25,29). The van der Waals surface area contributed by atoms with Crippen molar-refractivity contribution < 1.29 is 34.3 Å². The minimum absolute atomic E-state index is 0.0297. The number of amides is 1. The van der Waals surface area contributed by atoms with Gasteiger partial charge in [0.2, 0.25) is 0 Å². The summed E-state index contributed by atoms with van der Waals surface area (Å²) in [4.78, 5) is 12.6. The first-order valence-corrected chi connectivity index (χ1v) is 10.7. The fraction of sp³-hybridized carbons (Fsp3) is 0.435. The molecule has 2 aliphatic rings. The van der Waals surface area contributed by atoms with Crippen LogP contribution >= 0.6 is 0 Å². The lowest BCUT2D eigenvalue weighted by Crippen LogP contribution is -2.48. The van der Waals surface area contributed by atoms with Gasteiger partial charge < -0.3 is 40.2 Å². The van der Waals surface area contributed by atoms with Crippen LogP contribution in [0.25, 0.3) is 0 Å². The van der Waals surface area contributed by atoms with Crippen LogP contribution < -0.4 is 10.6 Å². The van der Waals surface area contributed by atoms with E-state index in [2.05, 4.69) is 10.6 Å². The van der Waals surface area contributed by atoms with Crippen molar-refractivity contribution in [2.45, 2.75) is 37.4 Å². The van der Waals surface area contributed by atoms with Crippen molar-refractivity contribution in [2.24, 2.45) is 5.92 Å². The van der Waals surface area contributed by atoms with E-state index in [1.165, 1.54) is 12.1 Å². The number of aliphatic hydroxyl groups excluding tert-OH is 1. The summed E-state index contributed by atoms with van der Waals surface area (Å²) in [5.74, 6) is -0.463. The number of benzene rings is 2. The average molecular weight is 444 g/mol. The van der Waals surface area contributed by atoms with Crippen molar-refractivity contribution in [1.82, 2.24) is 5.32 Å². The number of carbonyl (C=O) groups is 1. The molecule has 2 heterocycles. The van der Waals surface area contributed by atoms with Crippen molar-refractivity contribution >= 4 is 11.8 Å². The fourth-order valence-corrected chi connectivity index (χ4v) is 4.02. The van der Waals surface area contributed by atoms with Crippen LogP contribution in [-0.4, -0.2) is 65.7 Å². The molecule has 0 spiro atoms. The minimum atomic E-state index is -0.957. The molecule has 4 rings (SSSR count). The number of phenolic OH excluding ortho intramolecular Hbond substituents is 2. The van der Waals surface area contributed by atoms with Gasteiger partial charge in [-0.25, -0.2) is 4.79 Å². The molecule has 5 N–H and O–H groups in total. The molecule has 0 aliphatic carbocycles. The van der Waals surface area contributed by atoms with E-state index in [0.29, 0.717) is 25.3 Å². The topological polar surface area (TPSA) is 130 Å². The monoisotopic (exact) mass is 444 g/mol. The van der Waals surface area contributed by atoms with Gasteiger partial charge in [-0.1, -0.05) is 30.3 Å². The van der Waals surface area contributed by atoms with Gasteiger partial charge in [0, 0.05) is 18.3 Å². The number of hydrogen-bond donors (Lipinski definition) is 5. The van der Waals surface area contributed by atoms with Crippen LogP contribution in [0.2, 0.25) is 0 Å². The summed E-state index contributed by atoms with van der Waals surface area (Å²) in [6, 6.07) is 13.2. The number of carbonyl (C=O) groups excluding carboxylic acids is 1. The maximum absolute atomic E-state index is 12.6. The predicted molar refractivity (Wildman–Crippen MR) is 115 cm³/mol. The summed E-state index contributed by atoms with van der Waals surface area (Å²) >= 11 is 0. The molecule has 5 unspecified atom stereocenters. The second-order valence-electron chi connectivity index (χ2n) is 8.06. The maximum Gasteiger partial charge on any atom is 0.407 e. The molecule has 5 atom stereocenters. The third-order valence-corrected chi connectivity index (χ3v) is 5.80. The number of aromatic hydroxyl groups is 2. The van der Waals surface area contributed by atoms with Gasteiger partial charge in [-0.05, 0) is 30.5 Å². The zero-order valence-corrected chi connectivity index (χ0v) is 17.5. The summed E-state index contributed by atoms with van der Waals surface area (Å²) in [5, 5.41) is 35.7. The number of anilines is 1. The number of fused-ring (bicyclic) bond motifs is 1. The molecule has 2 aromatic rings. The normalized spacial score (nSPS) is 23.8. The molecule has 1 amide bonds. The van der Waals surface area contributed by atoms with Crippen LogP contribution in [0.3, 0.4) is 0 Å². The van der Waals surface area contributed by atoms with Crippen molar-refractivity contribution in [3.63, 3.8) is 0 Å². The van der Waals surface area contributed by atoms with Gasteiger partial charge in [0.15, 0.2) is 17.8 Å². The third kappa shape index (κ3) is 5.42. The van der Waals surface area contributed by atoms with Crippen molar-refractivity contribution in [1.29, 1.82) is 0 Å². The Morgan fingerprint density at radius 3 is 2.72 bits per heavy atom. The Balaban J connectivity index is 1.38. The van der Waals surface area contributed by atoms with Gasteiger partial charge in [0.25, 0.3) is 0 Å². The third-order valence-electron chi connectivity index (χ3n) is 5.80. The summed E-state index contributed by atoms with van der Waals surface area (Å²) in [6.07, 6.45) is -1.09. The first kappa shape index (κ1) is 22.2. The number of phenols is 2. The first-order chi connectivity index (χ1) is 15.5. The highest BCUT2D eigenvalue weighted by Crippen LogP contribution is 2.33. The molecule has 0 bridgehead atoms. The molecule has 0 aromatic heterocycles. The van der Waals surface area contributed by atoms with E-state index in [4.69, 9.17) is 14.2 Å². The maximum atomic E-state index is 12.6. The Kier molecular flexibility index (Phi) is 6.99. The Bertz CT molecular complexity index is 910. The van der Waals surface area contributed by atoms with Crippen LogP contribution in [-0.2, 0) is 20.6 Å². The molecule has 0 radical (unpaired) electrons. The molecule has 2 aliphatic heterocycles. The number of alkyl carbamates (subject to hydrolysis) is 1. The van der Waals surface area contributed by atoms with Crippen molar-refractivity contribution in [2.75, 3.05) is 25.1 Å². The molecule has 2 aromatic carbocycles. The highest BCUT2D eigenvalue weighted by molar-refractivity contribution is 5.68. The molecule has 2 saturated heterocycles. The molecule has 32 heavy (non-hydrogen) atoms. The second kappa shape index (κ2) is 10.1. The summed E-state index contributed by atoms with van der Waals surface area (Å²) in [5.41, 5.74) is 1.48. The minimum Gasteiger partial charge on any atom is -0.504 e. The lowest BCUT2D eigenvalue weighted by atomic mass is 10.0. The van der Waals surface area contributed by atoms with Gasteiger partial charge in [0.1, 0.15) is 6.10 Å². The average Bonchev–Trinajstić information content (AvgIpc) is 3.40. The molecule has 9 heteroatoms. The van der Waals surface area contributed by atoms with Gasteiger partial charge in [-0.15, -0.1) is 0 Å². The highest BCUT2D eigenvalue weighted by atomic mass is 16.7. The van der Waals surface area contributed by atoms with Crippen LogP contribution in [0.4, 0.5) is 10.5 Å². The van der Waals surface area contributed by atoms with E-state index in [9.17, 15) is 20.1 Å². The van der Waals surface area contributed by atoms with E-state index in [-0.39, 0.29) is 36.4 Å². The Morgan fingerprint density at radius 1 is 1.12 bits per heavy atom. The van der Waals surface area contributed by atoms with Gasteiger partial charge in [-0.2, -0.15) is 0 Å². The number of nitrogens with one attached hydrogen (secondary N) is 2. The van der Waals surface area contributed by atoms with E-state index in [0.717, 1.165) is 12.0 Å². The van der Waals surface area contributed by atoms with Gasteiger partial charge in [0.05, 0.1) is 31.3 Å². The van der Waals surface area contributed by atoms with E-state index >= 15 is 0 Å². The van der Waals surface area contributed by atoms with Crippen molar-refractivity contribution in [3.05, 3.63) is 54.1 Å². The molecule has 0 saturated carbocycles. The zero-order chi connectivity index (χ0) is 22.5. The van der Waals surface area contributed by atoms with Crippen LogP contribution in [0.1, 0.15) is 12.0 Å². The fourth-order valence-electron chi connectivity index (χ4n) is 4.02. The number of rotatable bonds is 8. The lowest BCUT2D eigenvalue weighted by Gasteiger charge is -2.26. The van der Waals surface area contributed by atoms with Gasteiger partial charge >= 0.3 is 6.09 Å². The molecular formula is C23H28N2O7. The van der Waals surface area contributed by atoms with Crippen LogP contribution in [0.15, 0.2) is 48.5 Å².